The molecule has 124 valence electrons. The second-order valence-electron chi connectivity index (χ2n) is 7.17. The van der Waals surface area contributed by atoms with Crippen LogP contribution in [0.15, 0.2) is 78.9 Å². The van der Waals surface area contributed by atoms with Crippen LogP contribution in [-0.2, 0) is 5.60 Å². The van der Waals surface area contributed by atoms with Gasteiger partial charge in [-0.1, -0.05) is 78.9 Å². The molecule has 0 heterocycles. The highest BCUT2D eigenvalue weighted by molar-refractivity contribution is 5.93. The molecule has 0 aromatic heterocycles. The molecule has 3 aromatic rings. The highest BCUT2D eigenvalue weighted by Gasteiger charge is 2.31. The van der Waals surface area contributed by atoms with Crippen LogP contribution in [0.4, 0.5) is 0 Å². The third-order valence-electron chi connectivity index (χ3n) is 4.97. The minimum atomic E-state index is -0.879. The zero-order valence-corrected chi connectivity index (χ0v) is 14.6. The topological polar surface area (TPSA) is 20.2 Å². The van der Waals surface area contributed by atoms with Gasteiger partial charge < -0.3 is 5.11 Å². The van der Waals surface area contributed by atoms with Crippen molar-refractivity contribution in [3.63, 3.8) is 0 Å². The van der Waals surface area contributed by atoms with Crippen LogP contribution in [0.25, 0.3) is 11.6 Å². The summed E-state index contributed by atoms with van der Waals surface area (Å²) in [5.74, 6) is 0.140. The van der Waals surface area contributed by atoms with Gasteiger partial charge in [-0.05, 0) is 53.3 Å². The maximum atomic E-state index is 10.7. The van der Waals surface area contributed by atoms with Gasteiger partial charge in [-0.25, -0.2) is 0 Å². The molecule has 0 fully saturated rings. The normalized spacial score (nSPS) is 16.4. The molecule has 3 aromatic carbocycles. The van der Waals surface area contributed by atoms with Crippen LogP contribution < -0.4 is 0 Å². The summed E-state index contributed by atoms with van der Waals surface area (Å²) in [5, 5.41) is 10.7. The largest absolute Gasteiger partial charge is 0.386 e. The molecule has 1 heteroatoms. The number of fused-ring (bicyclic) bond motifs is 1. The Balaban J connectivity index is 1.95. The fourth-order valence-corrected chi connectivity index (χ4v) is 3.85. The van der Waals surface area contributed by atoms with Crippen LogP contribution in [0.1, 0.15) is 47.6 Å². The summed E-state index contributed by atoms with van der Waals surface area (Å²) in [6.07, 6.45) is 2.29. The molecule has 0 aliphatic heterocycles. The van der Waals surface area contributed by atoms with E-state index >= 15 is 0 Å². The molecule has 0 spiro atoms. The predicted molar refractivity (Wildman–Crippen MR) is 104 cm³/mol. The van der Waals surface area contributed by atoms with Crippen molar-refractivity contribution in [3.8, 4) is 0 Å². The van der Waals surface area contributed by atoms with E-state index in [1.807, 2.05) is 32.0 Å². The number of hydrogen-bond donors (Lipinski definition) is 1. The van der Waals surface area contributed by atoms with E-state index in [4.69, 9.17) is 0 Å². The number of aliphatic hydroxyl groups is 1. The SMILES string of the molecule is CC(C)(O)c1ccccc1C1C(c2ccccc2)=Cc2ccccc21. The minimum absolute atomic E-state index is 0.140. The van der Waals surface area contributed by atoms with Crippen molar-refractivity contribution in [2.45, 2.75) is 25.4 Å². The summed E-state index contributed by atoms with van der Waals surface area (Å²) in [6, 6.07) is 27.4. The van der Waals surface area contributed by atoms with Gasteiger partial charge in [-0.15, -0.1) is 0 Å². The molecule has 1 aliphatic carbocycles. The zero-order valence-electron chi connectivity index (χ0n) is 14.6. The summed E-state index contributed by atoms with van der Waals surface area (Å²) in [7, 11) is 0. The van der Waals surface area contributed by atoms with Gasteiger partial charge in [0.15, 0.2) is 0 Å². The summed E-state index contributed by atoms with van der Waals surface area (Å²) < 4.78 is 0. The summed E-state index contributed by atoms with van der Waals surface area (Å²) in [6.45, 7) is 3.72. The summed E-state index contributed by atoms with van der Waals surface area (Å²) in [5.41, 5.74) is 6.37. The van der Waals surface area contributed by atoms with Gasteiger partial charge in [-0.2, -0.15) is 0 Å². The van der Waals surface area contributed by atoms with E-state index in [9.17, 15) is 5.11 Å². The van der Waals surface area contributed by atoms with Crippen LogP contribution in [0, 0.1) is 0 Å². The fourth-order valence-electron chi connectivity index (χ4n) is 3.85. The first-order valence-electron chi connectivity index (χ1n) is 8.73. The molecular weight excluding hydrogens is 304 g/mol. The number of allylic oxidation sites excluding steroid dienone is 1. The maximum Gasteiger partial charge on any atom is 0.0843 e. The second-order valence-corrected chi connectivity index (χ2v) is 7.17. The third-order valence-corrected chi connectivity index (χ3v) is 4.97. The quantitative estimate of drug-likeness (QED) is 0.664. The molecule has 0 amide bonds. The van der Waals surface area contributed by atoms with E-state index in [0.717, 1.165) is 5.56 Å². The van der Waals surface area contributed by atoms with Crippen molar-refractivity contribution in [2.24, 2.45) is 0 Å². The average molecular weight is 326 g/mol. The lowest BCUT2D eigenvalue weighted by Crippen LogP contribution is -2.19. The molecule has 1 atom stereocenters. The number of benzene rings is 3. The lowest BCUT2D eigenvalue weighted by molar-refractivity contribution is 0.0776. The molecule has 25 heavy (non-hydrogen) atoms. The molecule has 0 saturated carbocycles. The molecule has 1 aliphatic rings. The van der Waals surface area contributed by atoms with Gasteiger partial charge in [0, 0.05) is 5.92 Å². The molecule has 0 saturated heterocycles. The van der Waals surface area contributed by atoms with E-state index in [-0.39, 0.29) is 5.92 Å². The molecule has 1 N–H and O–H groups in total. The smallest absolute Gasteiger partial charge is 0.0843 e. The van der Waals surface area contributed by atoms with Gasteiger partial charge in [0.05, 0.1) is 5.60 Å². The lowest BCUT2D eigenvalue weighted by Gasteiger charge is -2.27. The third kappa shape index (κ3) is 2.81. The average Bonchev–Trinajstić information content (AvgIpc) is 3.01. The van der Waals surface area contributed by atoms with Crippen LogP contribution >= 0.6 is 0 Å². The van der Waals surface area contributed by atoms with E-state index < -0.39 is 5.60 Å². The highest BCUT2D eigenvalue weighted by atomic mass is 16.3. The first-order valence-corrected chi connectivity index (χ1v) is 8.73. The Hall–Kier alpha value is -2.64. The standard InChI is InChI=1S/C24H22O/c1-24(2,25)22-15-9-8-14-20(22)23-19-13-7-6-12-18(19)16-21(23)17-10-4-3-5-11-17/h3-16,23,25H,1-2H3. The minimum Gasteiger partial charge on any atom is -0.386 e. The van der Waals surface area contributed by atoms with Crippen molar-refractivity contribution >= 4 is 11.6 Å². The molecule has 1 unspecified atom stereocenters. The molecule has 1 nitrogen and oxygen atoms in total. The van der Waals surface area contributed by atoms with Crippen LogP contribution in [0.2, 0.25) is 0 Å². The first-order chi connectivity index (χ1) is 12.1. The van der Waals surface area contributed by atoms with Crippen molar-refractivity contribution in [1.82, 2.24) is 0 Å². The Labute approximate surface area is 149 Å². The Morgan fingerprint density at radius 2 is 1.32 bits per heavy atom. The Kier molecular flexibility index (Phi) is 3.82. The van der Waals surface area contributed by atoms with Gasteiger partial charge >= 0.3 is 0 Å². The Bertz CT molecular complexity index is 930. The van der Waals surface area contributed by atoms with Crippen LogP contribution in [0.5, 0.6) is 0 Å². The maximum absolute atomic E-state index is 10.7. The monoisotopic (exact) mass is 326 g/mol. The van der Waals surface area contributed by atoms with Crippen molar-refractivity contribution in [2.75, 3.05) is 0 Å². The fraction of sp³-hybridized carbons (Fsp3) is 0.167. The van der Waals surface area contributed by atoms with E-state index in [1.54, 1.807) is 0 Å². The van der Waals surface area contributed by atoms with E-state index in [1.165, 1.54) is 27.8 Å². The van der Waals surface area contributed by atoms with E-state index in [0.29, 0.717) is 0 Å². The predicted octanol–water partition coefficient (Wildman–Crippen LogP) is 5.60. The highest BCUT2D eigenvalue weighted by Crippen LogP contribution is 2.47. The Morgan fingerprint density at radius 1 is 0.720 bits per heavy atom. The summed E-state index contributed by atoms with van der Waals surface area (Å²) >= 11 is 0. The van der Waals surface area contributed by atoms with Crippen LogP contribution in [-0.4, -0.2) is 5.11 Å². The lowest BCUT2D eigenvalue weighted by atomic mass is 9.80. The molecular formula is C24H22O. The van der Waals surface area contributed by atoms with Crippen molar-refractivity contribution < 1.29 is 5.11 Å². The van der Waals surface area contributed by atoms with Gasteiger partial charge in [0.2, 0.25) is 0 Å². The first kappa shape index (κ1) is 15.9. The van der Waals surface area contributed by atoms with Gasteiger partial charge in [-0.3, -0.25) is 0 Å². The Morgan fingerprint density at radius 3 is 2.04 bits per heavy atom. The van der Waals surface area contributed by atoms with Gasteiger partial charge in [0.1, 0.15) is 0 Å². The molecule has 0 bridgehead atoms. The van der Waals surface area contributed by atoms with Crippen molar-refractivity contribution in [3.05, 3.63) is 107 Å². The zero-order chi connectivity index (χ0) is 17.4. The molecule has 4 rings (SSSR count). The van der Waals surface area contributed by atoms with Crippen molar-refractivity contribution in [1.29, 1.82) is 0 Å². The van der Waals surface area contributed by atoms with Gasteiger partial charge in [0.25, 0.3) is 0 Å². The number of rotatable bonds is 3. The van der Waals surface area contributed by atoms with Crippen LogP contribution in [0.3, 0.4) is 0 Å². The van der Waals surface area contributed by atoms with E-state index in [2.05, 4.69) is 66.7 Å². The number of hydrogen-bond acceptors (Lipinski definition) is 1. The summed E-state index contributed by atoms with van der Waals surface area (Å²) in [4.78, 5) is 0. The molecule has 0 radical (unpaired) electrons. The second kappa shape index (κ2) is 6.02.